The Bertz CT molecular complexity index is 371. The zero-order valence-electron chi connectivity index (χ0n) is 9.49. The van der Waals surface area contributed by atoms with Crippen molar-refractivity contribution in [2.75, 3.05) is 29.6 Å². The van der Waals surface area contributed by atoms with Crippen LogP contribution in [-0.4, -0.2) is 18.6 Å². The quantitative estimate of drug-likeness (QED) is 0.588. The van der Waals surface area contributed by atoms with Gasteiger partial charge in [-0.3, -0.25) is 0 Å². The molecule has 0 spiro atoms. The average molecular weight is 235 g/mol. The van der Waals surface area contributed by atoms with E-state index in [0.29, 0.717) is 11.3 Å². The molecule has 0 bridgehead atoms. The van der Waals surface area contributed by atoms with Crippen molar-refractivity contribution in [3.63, 3.8) is 0 Å². The largest absolute Gasteiger partial charge is 0.398 e. The fourth-order valence-corrected chi connectivity index (χ4v) is 1.86. The molecular formula is C12H17N3S. The first kappa shape index (κ1) is 12.7. The van der Waals surface area contributed by atoms with Crippen molar-refractivity contribution >= 4 is 23.1 Å². The number of nitrogens with two attached hydrogens (primary N) is 1. The van der Waals surface area contributed by atoms with E-state index in [2.05, 4.69) is 17.6 Å². The lowest BCUT2D eigenvalue weighted by atomic mass is 10.2. The number of nitrogens with zero attached hydrogens (tertiary/aromatic N) is 1. The van der Waals surface area contributed by atoms with E-state index in [9.17, 15) is 0 Å². The SMILES string of the molecule is CSCCCCNc1ccc(N)c(C#N)c1. The topological polar surface area (TPSA) is 61.8 Å². The van der Waals surface area contributed by atoms with Gasteiger partial charge in [-0.05, 0) is 43.0 Å². The summed E-state index contributed by atoms with van der Waals surface area (Å²) in [5.74, 6) is 1.20. The summed E-state index contributed by atoms with van der Waals surface area (Å²) in [6, 6.07) is 7.55. The van der Waals surface area contributed by atoms with Crippen LogP contribution in [0.2, 0.25) is 0 Å². The van der Waals surface area contributed by atoms with Gasteiger partial charge in [-0.25, -0.2) is 0 Å². The van der Waals surface area contributed by atoms with Crippen molar-refractivity contribution in [3.05, 3.63) is 23.8 Å². The van der Waals surface area contributed by atoms with Gasteiger partial charge in [0.1, 0.15) is 6.07 Å². The molecule has 0 aliphatic heterocycles. The second-order valence-corrected chi connectivity index (χ2v) is 4.53. The molecule has 0 amide bonds. The Labute approximate surface area is 101 Å². The van der Waals surface area contributed by atoms with Gasteiger partial charge in [-0.1, -0.05) is 0 Å². The van der Waals surface area contributed by atoms with Crippen molar-refractivity contribution in [2.24, 2.45) is 0 Å². The smallest absolute Gasteiger partial charge is 0.101 e. The minimum atomic E-state index is 0.536. The van der Waals surface area contributed by atoms with Gasteiger partial charge >= 0.3 is 0 Å². The van der Waals surface area contributed by atoms with Crippen LogP contribution >= 0.6 is 11.8 Å². The third-order valence-electron chi connectivity index (χ3n) is 2.28. The van der Waals surface area contributed by atoms with E-state index >= 15 is 0 Å². The highest BCUT2D eigenvalue weighted by Crippen LogP contribution is 2.16. The number of unbranched alkanes of at least 4 members (excludes halogenated alkanes) is 1. The molecule has 0 saturated heterocycles. The lowest BCUT2D eigenvalue weighted by Crippen LogP contribution is -2.02. The second kappa shape index (κ2) is 7.02. The Morgan fingerprint density at radius 1 is 1.44 bits per heavy atom. The Kier molecular flexibility index (Phi) is 5.58. The Morgan fingerprint density at radius 3 is 2.94 bits per heavy atom. The van der Waals surface area contributed by atoms with Crippen molar-refractivity contribution in [3.8, 4) is 6.07 Å². The molecule has 1 aromatic carbocycles. The molecule has 0 radical (unpaired) electrons. The number of anilines is 2. The Balaban J connectivity index is 2.40. The summed E-state index contributed by atoms with van der Waals surface area (Å²) in [6.45, 7) is 0.940. The zero-order chi connectivity index (χ0) is 11.8. The predicted molar refractivity (Wildman–Crippen MR) is 71.7 cm³/mol. The minimum Gasteiger partial charge on any atom is -0.398 e. The summed E-state index contributed by atoms with van der Waals surface area (Å²) in [4.78, 5) is 0. The van der Waals surface area contributed by atoms with Crippen LogP contribution in [0.25, 0.3) is 0 Å². The zero-order valence-corrected chi connectivity index (χ0v) is 10.3. The monoisotopic (exact) mass is 235 g/mol. The minimum absolute atomic E-state index is 0.536. The van der Waals surface area contributed by atoms with Crippen LogP contribution in [-0.2, 0) is 0 Å². The highest BCUT2D eigenvalue weighted by atomic mass is 32.2. The second-order valence-electron chi connectivity index (χ2n) is 3.54. The summed E-state index contributed by atoms with van der Waals surface area (Å²) in [5.41, 5.74) is 7.68. The highest BCUT2D eigenvalue weighted by molar-refractivity contribution is 7.98. The van der Waals surface area contributed by atoms with Gasteiger partial charge < -0.3 is 11.1 Å². The first-order valence-electron chi connectivity index (χ1n) is 5.30. The molecular weight excluding hydrogens is 218 g/mol. The number of rotatable bonds is 6. The number of hydrogen-bond donors (Lipinski definition) is 2. The van der Waals surface area contributed by atoms with Crippen LogP contribution in [0.1, 0.15) is 18.4 Å². The van der Waals surface area contributed by atoms with Gasteiger partial charge in [-0.2, -0.15) is 17.0 Å². The molecule has 1 rings (SSSR count). The predicted octanol–water partition coefficient (Wildman–Crippen LogP) is 2.70. The summed E-state index contributed by atoms with van der Waals surface area (Å²) >= 11 is 1.87. The summed E-state index contributed by atoms with van der Waals surface area (Å²) < 4.78 is 0. The fourth-order valence-electron chi connectivity index (χ4n) is 1.37. The maximum absolute atomic E-state index is 8.82. The molecule has 0 aromatic heterocycles. The molecule has 16 heavy (non-hydrogen) atoms. The van der Waals surface area contributed by atoms with Gasteiger partial charge in [0.15, 0.2) is 0 Å². The van der Waals surface area contributed by atoms with Gasteiger partial charge in [0.05, 0.1) is 5.56 Å². The molecule has 0 fully saturated rings. The molecule has 1 aromatic rings. The van der Waals surface area contributed by atoms with E-state index in [4.69, 9.17) is 11.0 Å². The lowest BCUT2D eigenvalue weighted by Gasteiger charge is -2.07. The summed E-state index contributed by atoms with van der Waals surface area (Å²) in [7, 11) is 0. The van der Waals surface area contributed by atoms with Crippen LogP contribution in [0.15, 0.2) is 18.2 Å². The number of benzene rings is 1. The van der Waals surface area contributed by atoms with Crippen molar-refractivity contribution in [1.29, 1.82) is 5.26 Å². The number of nitrogen functional groups attached to an aromatic ring is 1. The van der Waals surface area contributed by atoms with Gasteiger partial charge in [0.2, 0.25) is 0 Å². The van der Waals surface area contributed by atoms with E-state index < -0.39 is 0 Å². The van der Waals surface area contributed by atoms with Crippen LogP contribution in [0.4, 0.5) is 11.4 Å². The molecule has 0 atom stereocenters. The molecule has 3 nitrogen and oxygen atoms in total. The lowest BCUT2D eigenvalue weighted by molar-refractivity contribution is 0.843. The van der Waals surface area contributed by atoms with Crippen molar-refractivity contribution in [1.82, 2.24) is 0 Å². The molecule has 0 heterocycles. The molecule has 0 aliphatic carbocycles. The number of hydrogen-bond acceptors (Lipinski definition) is 4. The molecule has 0 unspecified atom stereocenters. The third kappa shape index (κ3) is 4.03. The van der Waals surface area contributed by atoms with Crippen LogP contribution in [0.3, 0.4) is 0 Å². The first-order valence-corrected chi connectivity index (χ1v) is 6.69. The van der Waals surface area contributed by atoms with E-state index in [0.717, 1.165) is 18.7 Å². The third-order valence-corrected chi connectivity index (χ3v) is 2.98. The Hall–Kier alpha value is -1.34. The van der Waals surface area contributed by atoms with E-state index in [1.807, 2.05) is 17.8 Å². The molecule has 0 saturated carbocycles. The average Bonchev–Trinajstić information content (AvgIpc) is 2.31. The van der Waals surface area contributed by atoms with E-state index in [1.54, 1.807) is 12.1 Å². The molecule has 4 heteroatoms. The van der Waals surface area contributed by atoms with Crippen LogP contribution in [0.5, 0.6) is 0 Å². The Morgan fingerprint density at radius 2 is 2.25 bits per heavy atom. The van der Waals surface area contributed by atoms with Crippen molar-refractivity contribution < 1.29 is 0 Å². The van der Waals surface area contributed by atoms with E-state index in [-0.39, 0.29) is 0 Å². The van der Waals surface area contributed by atoms with Crippen molar-refractivity contribution in [2.45, 2.75) is 12.8 Å². The molecule has 3 N–H and O–H groups in total. The first-order chi connectivity index (χ1) is 7.77. The number of nitrogens with one attached hydrogen (secondary N) is 1. The summed E-state index contributed by atoms with van der Waals surface area (Å²) in [5, 5.41) is 12.1. The fraction of sp³-hybridized carbons (Fsp3) is 0.417. The number of nitriles is 1. The number of thioether (sulfide) groups is 1. The maximum Gasteiger partial charge on any atom is 0.101 e. The standard InChI is InChI=1S/C12H17N3S/c1-16-7-3-2-6-15-11-4-5-12(14)10(8-11)9-13/h4-5,8,15H,2-3,6-7,14H2,1H3. The van der Waals surface area contributed by atoms with E-state index in [1.165, 1.54) is 12.2 Å². The molecule has 86 valence electrons. The van der Waals surface area contributed by atoms with Crippen LogP contribution < -0.4 is 11.1 Å². The highest BCUT2D eigenvalue weighted by Gasteiger charge is 1.99. The molecule has 0 aliphatic rings. The maximum atomic E-state index is 8.82. The normalized spacial score (nSPS) is 9.75. The van der Waals surface area contributed by atoms with Gasteiger partial charge in [0.25, 0.3) is 0 Å². The van der Waals surface area contributed by atoms with Gasteiger partial charge in [0, 0.05) is 17.9 Å². The summed E-state index contributed by atoms with van der Waals surface area (Å²) in [6.07, 6.45) is 4.48. The van der Waals surface area contributed by atoms with Crippen LogP contribution in [0, 0.1) is 11.3 Å². The van der Waals surface area contributed by atoms with Gasteiger partial charge in [-0.15, -0.1) is 0 Å².